The summed E-state index contributed by atoms with van der Waals surface area (Å²) in [5.41, 5.74) is -0.185. The predicted molar refractivity (Wildman–Crippen MR) is 98.2 cm³/mol. The molecule has 0 bridgehead atoms. The second-order valence-electron chi connectivity index (χ2n) is 6.07. The molecule has 2 rings (SSSR count). The largest absolute Gasteiger partial charge is 0.474 e. The number of carbonyl (C=O) groups is 1. The van der Waals surface area contributed by atoms with Crippen LogP contribution >= 0.6 is 11.6 Å². The van der Waals surface area contributed by atoms with Crippen LogP contribution in [0.2, 0.25) is 11.8 Å². The monoisotopic (exact) mass is 400 g/mol. The Morgan fingerprint density at radius 3 is 2.89 bits per heavy atom. The van der Waals surface area contributed by atoms with Crippen LogP contribution in [-0.2, 0) is 9.53 Å². The highest BCUT2D eigenvalue weighted by Crippen LogP contribution is 2.40. The van der Waals surface area contributed by atoms with E-state index in [1.807, 2.05) is 0 Å². The van der Waals surface area contributed by atoms with Gasteiger partial charge in [0.2, 0.25) is 11.6 Å². The Bertz CT molecular complexity index is 774. The Kier molecular flexibility index (Phi) is 7.17. The molecule has 1 heterocycles. The van der Waals surface area contributed by atoms with Crippen molar-refractivity contribution >= 4 is 36.4 Å². The van der Waals surface area contributed by atoms with Gasteiger partial charge in [-0.2, -0.15) is 4.39 Å². The number of nitrogens with zero attached hydrogens (tertiary/aromatic N) is 2. The molecular formula is C16H19BClFN2O6. The lowest BCUT2D eigenvalue weighted by atomic mass is 9.82. The van der Waals surface area contributed by atoms with Gasteiger partial charge in [0.15, 0.2) is 6.61 Å². The Labute approximate surface area is 160 Å². The maximum absolute atomic E-state index is 14.8. The molecule has 0 atom stereocenters. The summed E-state index contributed by atoms with van der Waals surface area (Å²) in [6.07, 6.45) is 2.94. The number of nitro groups is 1. The SMILES string of the molecule is COC(=O)COc1c(Cl)cc(C=C2CCCN(B(C)O)C2)c(F)c1[N+](=O)[O-]. The molecule has 0 aliphatic carbocycles. The van der Waals surface area contributed by atoms with Crippen LogP contribution in [0.4, 0.5) is 10.1 Å². The summed E-state index contributed by atoms with van der Waals surface area (Å²) in [6, 6.07) is 1.21. The van der Waals surface area contributed by atoms with E-state index in [0.29, 0.717) is 19.5 Å². The first-order chi connectivity index (χ1) is 12.7. The van der Waals surface area contributed by atoms with Crippen molar-refractivity contribution in [1.29, 1.82) is 0 Å². The Morgan fingerprint density at radius 1 is 1.59 bits per heavy atom. The summed E-state index contributed by atoms with van der Waals surface area (Å²) in [4.78, 5) is 23.4. The van der Waals surface area contributed by atoms with Crippen molar-refractivity contribution in [3.63, 3.8) is 0 Å². The molecule has 0 radical (unpaired) electrons. The van der Waals surface area contributed by atoms with E-state index >= 15 is 0 Å². The van der Waals surface area contributed by atoms with Crippen LogP contribution in [0.25, 0.3) is 6.08 Å². The lowest BCUT2D eigenvalue weighted by Gasteiger charge is -2.29. The number of esters is 1. The van der Waals surface area contributed by atoms with Crippen molar-refractivity contribution in [2.24, 2.45) is 0 Å². The Hall–Kier alpha value is -2.17. The van der Waals surface area contributed by atoms with Gasteiger partial charge in [-0.1, -0.05) is 23.3 Å². The molecule has 1 saturated heterocycles. The zero-order chi connectivity index (χ0) is 20.1. The van der Waals surface area contributed by atoms with Gasteiger partial charge in [0.05, 0.1) is 17.1 Å². The average Bonchev–Trinajstić information content (AvgIpc) is 2.62. The van der Waals surface area contributed by atoms with Gasteiger partial charge >= 0.3 is 18.7 Å². The van der Waals surface area contributed by atoms with Crippen LogP contribution in [0.5, 0.6) is 5.75 Å². The van der Waals surface area contributed by atoms with Crippen LogP contribution in [0.15, 0.2) is 11.6 Å². The minimum absolute atomic E-state index is 0.0560. The lowest BCUT2D eigenvalue weighted by Crippen LogP contribution is -2.41. The quantitative estimate of drug-likeness (QED) is 0.339. The standard InChI is InChI=1S/C16H19BClFN2O6/c1-17(23)20-5-3-4-10(8-20)6-11-7-12(18)16(27-9-13(22)26-2)15(14(11)19)21(24)25/h6-7,23H,3-5,8-9H2,1-2H3. The first-order valence-electron chi connectivity index (χ1n) is 8.22. The number of halogens is 2. The molecule has 27 heavy (non-hydrogen) atoms. The molecule has 0 saturated carbocycles. The van der Waals surface area contributed by atoms with E-state index in [1.54, 1.807) is 11.6 Å². The first-order valence-corrected chi connectivity index (χ1v) is 8.60. The number of methoxy groups -OCH3 is 1. The van der Waals surface area contributed by atoms with Gasteiger partial charge in [-0.15, -0.1) is 0 Å². The van der Waals surface area contributed by atoms with Gasteiger partial charge in [-0.25, -0.2) is 4.79 Å². The average molecular weight is 401 g/mol. The van der Waals surface area contributed by atoms with E-state index in [-0.39, 0.29) is 10.6 Å². The molecule has 0 aromatic heterocycles. The Balaban J connectivity index is 2.40. The molecule has 1 aromatic rings. The smallest absolute Gasteiger partial charge is 0.376 e. The second-order valence-corrected chi connectivity index (χ2v) is 6.48. The number of rotatable bonds is 6. The minimum Gasteiger partial charge on any atom is -0.474 e. The number of hydrogen-bond acceptors (Lipinski definition) is 7. The van der Waals surface area contributed by atoms with Gasteiger partial charge in [-0.3, -0.25) is 10.1 Å². The summed E-state index contributed by atoms with van der Waals surface area (Å²) >= 11 is 6.05. The van der Waals surface area contributed by atoms with Crippen LogP contribution in [-0.4, -0.2) is 54.6 Å². The van der Waals surface area contributed by atoms with E-state index in [0.717, 1.165) is 19.1 Å². The summed E-state index contributed by atoms with van der Waals surface area (Å²) in [7, 11) is 0.476. The van der Waals surface area contributed by atoms with Gasteiger partial charge in [0.1, 0.15) is 0 Å². The third-order valence-electron chi connectivity index (χ3n) is 4.16. The number of hydrogen-bond donors (Lipinski definition) is 1. The van der Waals surface area contributed by atoms with Crippen molar-refractivity contribution in [3.8, 4) is 5.75 Å². The summed E-state index contributed by atoms with van der Waals surface area (Å²) in [5, 5.41) is 20.8. The van der Waals surface area contributed by atoms with Crippen LogP contribution in [0.3, 0.4) is 0 Å². The highest BCUT2D eigenvalue weighted by Gasteiger charge is 2.29. The summed E-state index contributed by atoms with van der Waals surface area (Å²) < 4.78 is 24.2. The van der Waals surface area contributed by atoms with Crippen molar-refractivity contribution < 1.29 is 28.6 Å². The second kappa shape index (κ2) is 9.16. The summed E-state index contributed by atoms with van der Waals surface area (Å²) in [6.45, 7) is 2.13. The highest BCUT2D eigenvalue weighted by atomic mass is 35.5. The van der Waals surface area contributed by atoms with E-state index in [1.165, 1.54) is 12.1 Å². The fraction of sp³-hybridized carbons (Fsp3) is 0.438. The number of nitro benzene ring substituents is 1. The van der Waals surface area contributed by atoms with Crippen LogP contribution in [0, 0.1) is 15.9 Å². The molecule has 0 spiro atoms. The maximum atomic E-state index is 14.8. The van der Waals surface area contributed by atoms with Crippen molar-refractivity contribution in [2.75, 3.05) is 26.8 Å². The van der Waals surface area contributed by atoms with Crippen molar-refractivity contribution in [1.82, 2.24) is 4.81 Å². The van der Waals surface area contributed by atoms with Crippen LogP contribution in [0.1, 0.15) is 18.4 Å². The van der Waals surface area contributed by atoms with Crippen molar-refractivity contribution in [2.45, 2.75) is 19.7 Å². The van der Waals surface area contributed by atoms with Gasteiger partial charge in [0.25, 0.3) is 0 Å². The van der Waals surface area contributed by atoms with E-state index in [9.17, 15) is 24.3 Å². The normalized spacial score (nSPS) is 16.3. The fourth-order valence-electron chi connectivity index (χ4n) is 2.80. The molecule has 1 aliphatic rings. The summed E-state index contributed by atoms with van der Waals surface area (Å²) in [5.74, 6) is -2.42. The predicted octanol–water partition coefficient (Wildman–Crippen LogP) is 2.53. The van der Waals surface area contributed by atoms with Gasteiger partial charge in [-0.05, 0) is 32.3 Å². The van der Waals surface area contributed by atoms with Crippen molar-refractivity contribution in [3.05, 3.63) is 38.2 Å². The molecule has 1 fully saturated rings. The highest BCUT2D eigenvalue weighted by molar-refractivity contribution is 6.45. The zero-order valence-corrected chi connectivity index (χ0v) is 15.7. The number of benzene rings is 1. The van der Waals surface area contributed by atoms with E-state index in [2.05, 4.69) is 4.74 Å². The fourth-order valence-corrected chi connectivity index (χ4v) is 3.06. The third-order valence-corrected chi connectivity index (χ3v) is 4.44. The number of ether oxygens (including phenoxy) is 2. The topological polar surface area (TPSA) is 102 Å². The molecule has 1 aliphatic heterocycles. The van der Waals surface area contributed by atoms with Crippen LogP contribution < -0.4 is 4.74 Å². The molecule has 8 nitrogen and oxygen atoms in total. The van der Waals surface area contributed by atoms with Gasteiger partial charge in [0, 0.05) is 12.1 Å². The molecular weight excluding hydrogens is 381 g/mol. The van der Waals surface area contributed by atoms with E-state index in [4.69, 9.17) is 16.3 Å². The molecule has 1 N–H and O–H groups in total. The number of carbonyl (C=O) groups excluding carboxylic acids is 1. The lowest BCUT2D eigenvalue weighted by molar-refractivity contribution is -0.388. The number of piperidine rings is 1. The molecule has 146 valence electrons. The molecule has 1 aromatic carbocycles. The third kappa shape index (κ3) is 5.18. The molecule has 0 unspecified atom stereocenters. The Morgan fingerprint density at radius 2 is 2.30 bits per heavy atom. The van der Waals surface area contributed by atoms with Gasteiger partial charge < -0.3 is 19.3 Å². The molecule has 11 heteroatoms. The maximum Gasteiger partial charge on any atom is 0.376 e. The van der Waals surface area contributed by atoms with E-state index < -0.39 is 41.8 Å². The zero-order valence-electron chi connectivity index (χ0n) is 14.9. The first kappa shape index (κ1) is 21.1. The minimum atomic E-state index is -1.11. The molecule has 0 amide bonds.